The van der Waals surface area contributed by atoms with Crippen LogP contribution in [0, 0.1) is 5.92 Å². The smallest absolute Gasteiger partial charge is 0.251 e. The predicted octanol–water partition coefficient (Wildman–Crippen LogP) is 1.97. The van der Waals surface area contributed by atoms with Crippen LogP contribution in [0.25, 0.3) is 10.4 Å². The zero-order valence-corrected chi connectivity index (χ0v) is 21.3. The summed E-state index contributed by atoms with van der Waals surface area (Å²) in [6.45, 7) is 3.90. The first-order valence-electron chi connectivity index (χ1n) is 13.3. The Hall–Kier alpha value is -3.14. The van der Waals surface area contributed by atoms with Gasteiger partial charge in [0.05, 0.1) is 12.1 Å². The molecule has 2 amide bonds. The van der Waals surface area contributed by atoms with Gasteiger partial charge in [0.25, 0.3) is 5.91 Å². The maximum Gasteiger partial charge on any atom is 0.251 e. The highest BCUT2D eigenvalue weighted by Gasteiger charge is 2.53. The summed E-state index contributed by atoms with van der Waals surface area (Å²) in [5.74, 6) is -0.796. The number of piperazine rings is 1. The van der Waals surface area contributed by atoms with Crippen molar-refractivity contribution in [3.63, 3.8) is 0 Å². The van der Waals surface area contributed by atoms with Gasteiger partial charge in [0.2, 0.25) is 5.91 Å². The second kappa shape index (κ2) is 11.1. The standard InChI is InChI=1S/C26H35N7O4/c1-31-11-13-32(14-12-31)19-9-7-18(8-10-19)25(35)28-22(17-5-3-2-4-6-17)26(36)33-15-20(29-30-27)24-23(33)21(34)16-37-24/h7-10,17,20,22-24H,2-6,11-16H2,1H3,(H,28,35)/t20-,22+,23-,24-/m1/s1. The summed E-state index contributed by atoms with van der Waals surface area (Å²) < 4.78 is 5.58. The van der Waals surface area contributed by atoms with Gasteiger partial charge in [-0.25, -0.2) is 0 Å². The average Bonchev–Trinajstić information content (AvgIpc) is 3.49. The summed E-state index contributed by atoms with van der Waals surface area (Å²) >= 11 is 0. The third-order valence-electron chi connectivity index (χ3n) is 8.31. The van der Waals surface area contributed by atoms with E-state index in [4.69, 9.17) is 10.3 Å². The molecule has 0 aromatic heterocycles. The van der Waals surface area contributed by atoms with Crippen molar-refractivity contribution in [2.24, 2.45) is 11.0 Å². The van der Waals surface area contributed by atoms with Crippen LogP contribution in [0.5, 0.6) is 0 Å². The SMILES string of the molecule is CN1CCN(c2ccc(C(=O)N[C@H](C(=O)N3C[C@@H](N=[N+]=[N-])[C@H]4OCC(=O)[C@H]43)C3CCCCC3)cc2)CC1. The first kappa shape index (κ1) is 25.5. The number of carbonyl (C=O) groups excluding carboxylic acids is 3. The van der Waals surface area contributed by atoms with E-state index in [2.05, 4.69) is 32.2 Å². The minimum absolute atomic E-state index is 0.01000. The lowest BCUT2D eigenvalue weighted by Gasteiger charge is -2.34. The summed E-state index contributed by atoms with van der Waals surface area (Å²) in [5, 5.41) is 6.80. The molecule has 0 bridgehead atoms. The number of benzene rings is 1. The van der Waals surface area contributed by atoms with Crippen molar-refractivity contribution in [1.29, 1.82) is 0 Å². The molecule has 0 unspecified atom stereocenters. The van der Waals surface area contributed by atoms with Crippen LogP contribution in [0.15, 0.2) is 29.4 Å². The Morgan fingerprint density at radius 1 is 1.11 bits per heavy atom. The van der Waals surface area contributed by atoms with Gasteiger partial charge >= 0.3 is 0 Å². The van der Waals surface area contributed by atoms with Crippen LogP contribution in [-0.2, 0) is 14.3 Å². The average molecular weight is 510 g/mol. The Labute approximate surface area is 216 Å². The summed E-state index contributed by atoms with van der Waals surface area (Å²) in [7, 11) is 2.11. The molecule has 198 valence electrons. The maximum absolute atomic E-state index is 13.9. The molecule has 4 fully saturated rings. The Morgan fingerprint density at radius 2 is 1.81 bits per heavy atom. The largest absolute Gasteiger partial charge is 0.369 e. The quantitative estimate of drug-likeness (QED) is 0.354. The fraction of sp³-hybridized carbons (Fsp3) is 0.654. The molecule has 0 radical (unpaired) electrons. The molecule has 3 aliphatic heterocycles. The molecule has 37 heavy (non-hydrogen) atoms. The van der Waals surface area contributed by atoms with Gasteiger partial charge in [-0.05, 0) is 55.6 Å². The molecular weight excluding hydrogens is 474 g/mol. The highest BCUT2D eigenvalue weighted by molar-refractivity contribution is 5.99. The molecule has 4 atom stereocenters. The molecule has 0 spiro atoms. The third kappa shape index (κ3) is 5.30. The molecule has 1 aromatic carbocycles. The molecule has 3 heterocycles. The van der Waals surface area contributed by atoms with Crippen molar-refractivity contribution >= 4 is 23.3 Å². The highest BCUT2D eigenvalue weighted by Crippen LogP contribution is 2.33. The Bertz CT molecular complexity index is 1060. The van der Waals surface area contributed by atoms with Crippen molar-refractivity contribution in [1.82, 2.24) is 15.1 Å². The number of azide groups is 1. The van der Waals surface area contributed by atoms with Crippen LogP contribution in [0.3, 0.4) is 0 Å². The Balaban J connectivity index is 1.33. The van der Waals surface area contributed by atoms with E-state index in [9.17, 15) is 14.4 Å². The van der Waals surface area contributed by atoms with Crippen LogP contribution in [0.4, 0.5) is 5.69 Å². The summed E-state index contributed by atoms with van der Waals surface area (Å²) in [6.07, 6.45) is 4.16. The van der Waals surface area contributed by atoms with E-state index in [-0.39, 0.29) is 36.7 Å². The molecule has 1 aromatic rings. The highest BCUT2D eigenvalue weighted by atomic mass is 16.5. The minimum Gasteiger partial charge on any atom is -0.369 e. The minimum atomic E-state index is -0.770. The van der Waals surface area contributed by atoms with Crippen molar-refractivity contribution in [2.45, 2.75) is 56.3 Å². The van der Waals surface area contributed by atoms with E-state index in [1.54, 1.807) is 0 Å². The second-order valence-corrected chi connectivity index (χ2v) is 10.6. The number of nitrogens with one attached hydrogen (secondary N) is 1. The predicted molar refractivity (Wildman–Crippen MR) is 137 cm³/mol. The number of anilines is 1. The van der Waals surface area contributed by atoms with Crippen LogP contribution in [0.2, 0.25) is 0 Å². The van der Waals surface area contributed by atoms with Gasteiger partial charge in [-0.1, -0.05) is 24.4 Å². The molecule has 1 saturated carbocycles. The van der Waals surface area contributed by atoms with E-state index >= 15 is 0 Å². The zero-order chi connectivity index (χ0) is 25.9. The molecular formula is C26H35N7O4. The number of carbonyl (C=O) groups is 3. The number of likely N-dealkylation sites (N-methyl/N-ethyl adjacent to an activating group) is 1. The number of hydrogen-bond acceptors (Lipinski definition) is 7. The Morgan fingerprint density at radius 3 is 2.49 bits per heavy atom. The van der Waals surface area contributed by atoms with E-state index < -0.39 is 24.2 Å². The number of hydrogen-bond donors (Lipinski definition) is 1. The lowest BCUT2D eigenvalue weighted by Crippen LogP contribution is -2.55. The first-order chi connectivity index (χ1) is 18.0. The van der Waals surface area contributed by atoms with Gasteiger partial charge in [-0.3, -0.25) is 14.4 Å². The lowest BCUT2D eigenvalue weighted by molar-refractivity contribution is -0.139. The van der Waals surface area contributed by atoms with Gasteiger partial charge < -0.3 is 24.8 Å². The summed E-state index contributed by atoms with van der Waals surface area (Å²) in [6, 6.07) is 5.41. The second-order valence-electron chi connectivity index (χ2n) is 10.6. The van der Waals surface area contributed by atoms with E-state index in [0.29, 0.717) is 5.56 Å². The Kier molecular flexibility index (Phi) is 7.64. The zero-order valence-electron chi connectivity index (χ0n) is 21.3. The molecule has 3 saturated heterocycles. The maximum atomic E-state index is 13.9. The monoisotopic (exact) mass is 509 g/mol. The number of amides is 2. The summed E-state index contributed by atoms with van der Waals surface area (Å²) in [5.41, 5.74) is 10.5. The number of ether oxygens (including phenoxy) is 1. The number of nitrogens with zero attached hydrogens (tertiary/aromatic N) is 6. The topological polar surface area (TPSA) is 131 Å². The normalized spacial score (nSPS) is 27.5. The molecule has 4 aliphatic rings. The third-order valence-corrected chi connectivity index (χ3v) is 8.31. The van der Waals surface area contributed by atoms with E-state index in [1.165, 1.54) is 4.90 Å². The molecule has 5 rings (SSSR count). The number of rotatable bonds is 6. The summed E-state index contributed by atoms with van der Waals surface area (Å²) in [4.78, 5) is 48.8. The van der Waals surface area contributed by atoms with Gasteiger partial charge in [0, 0.05) is 48.9 Å². The van der Waals surface area contributed by atoms with Gasteiger partial charge in [-0.2, -0.15) is 0 Å². The number of fused-ring (bicyclic) bond motifs is 1. The molecule has 1 N–H and O–H groups in total. The van der Waals surface area contributed by atoms with Gasteiger partial charge in [0.15, 0.2) is 5.78 Å². The van der Waals surface area contributed by atoms with Gasteiger partial charge in [-0.15, -0.1) is 0 Å². The van der Waals surface area contributed by atoms with Crippen LogP contribution >= 0.6 is 0 Å². The fourth-order valence-corrected chi connectivity index (χ4v) is 6.17. The van der Waals surface area contributed by atoms with Crippen molar-refractivity contribution in [3.05, 3.63) is 40.3 Å². The van der Waals surface area contributed by atoms with Crippen molar-refractivity contribution < 1.29 is 19.1 Å². The molecule has 11 heteroatoms. The fourth-order valence-electron chi connectivity index (χ4n) is 6.17. The van der Waals surface area contributed by atoms with Crippen molar-refractivity contribution in [3.8, 4) is 0 Å². The van der Waals surface area contributed by atoms with Crippen LogP contribution < -0.4 is 10.2 Å². The number of likely N-dealkylation sites (tertiary alicyclic amines) is 1. The van der Waals surface area contributed by atoms with E-state index in [1.807, 2.05) is 24.3 Å². The number of Topliss-reactive ketones (excluding diaryl/α,β-unsaturated/α-hetero) is 1. The van der Waals surface area contributed by atoms with E-state index in [0.717, 1.165) is 64.0 Å². The molecule has 1 aliphatic carbocycles. The molecule has 11 nitrogen and oxygen atoms in total. The van der Waals surface area contributed by atoms with Crippen molar-refractivity contribution in [2.75, 3.05) is 51.3 Å². The lowest BCUT2D eigenvalue weighted by atomic mass is 9.83. The van der Waals surface area contributed by atoms with Crippen LogP contribution in [0.1, 0.15) is 42.5 Å². The van der Waals surface area contributed by atoms with Gasteiger partial charge in [0.1, 0.15) is 18.7 Å². The number of ketones is 1. The van der Waals surface area contributed by atoms with Crippen LogP contribution in [-0.4, -0.2) is 98.0 Å². The first-order valence-corrected chi connectivity index (χ1v) is 13.3.